The highest BCUT2D eigenvalue weighted by Crippen LogP contribution is 2.42. The predicted molar refractivity (Wildman–Crippen MR) is 113 cm³/mol. The van der Waals surface area contributed by atoms with E-state index >= 15 is 0 Å². The number of hydrogen-bond acceptors (Lipinski definition) is 4. The van der Waals surface area contributed by atoms with E-state index < -0.39 is 0 Å². The third-order valence-electron chi connectivity index (χ3n) is 6.06. The number of para-hydroxylation sites is 1. The second-order valence-corrected chi connectivity index (χ2v) is 9.54. The van der Waals surface area contributed by atoms with Crippen molar-refractivity contribution in [2.75, 3.05) is 38.2 Å². The van der Waals surface area contributed by atoms with E-state index in [4.69, 9.17) is 9.72 Å². The molecule has 3 heterocycles. The average molecular weight is 382 g/mol. The highest BCUT2D eigenvalue weighted by molar-refractivity contribution is 5.87. The zero-order chi connectivity index (χ0) is 19.9. The molecule has 4 rings (SSSR count). The van der Waals surface area contributed by atoms with Gasteiger partial charge in [0.05, 0.1) is 12.5 Å². The molecule has 2 aliphatic heterocycles. The van der Waals surface area contributed by atoms with Crippen molar-refractivity contribution < 1.29 is 9.53 Å². The van der Waals surface area contributed by atoms with Crippen molar-refractivity contribution in [2.45, 2.75) is 40.0 Å². The van der Waals surface area contributed by atoms with Crippen LogP contribution >= 0.6 is 0 Å². The van der Waals surface area contributed by atoms with Gasteiger partial charge in [-0.15, -0.1) is 0 Å². The van der Waals surface area contributed by atoms with E-state index in [1.165, 1.54) is 0 Å². The molecule has 0 aliphatic carbocycles. The van der Waals surface area contributed by atoms with Gasteiger partial charge in [-0.2, -0.15) is 0 Å². The van der Waals surface area contributed by atoms with Crippen molar-refractivity contribution in [3.63, 3.8) is 0 Å². The lowest BCUT2D eigenvalue weighted by atomic mass is 9.77. The summed E-state index contributed by atoms with van der Waals surface area (Å²) in [5.74, 6) is 2.07. The van der Waals surface area contributed by atoms with Crippen molar-refractivity contribution in [3.05, 3.63) is 30.3 Å². The second-order valence-electron chi connectivity index (χ2n) is 9.54. The molecular formula is C23H31N3O2. The largest absolute Gasteiger partial charge is 0.494 e. The molecule has 5 heteroatoms. The number of pyridine rings is 1. The SMILES string of the molecule is COc1cccc2ccc(N3CC[C@]4(CCCN(CC(C)(C)C)C4=O)C3)nc12. The maximum Gasteiger partial charge on any atom is 0.230 e. The van der Waals surface area contributed by atoms with E-state index in [-0.39, 0.29) is 10.8 Å². The average Bonchev–Trinajstić information content (AvgIpc) is 3.09. The minimum Gasteiger partial charge on any atom is -0.494 e. The fourth-order valence-corrected chi connectivity index (χ4v) is 4.77. The Labute approximate surface area is 167 Å². The third-order valence-corrected chi connectivity index (χ3v) is 6.06. The number of piperidine rings is 1. The van der Waals surface area contributed by atoms with Crippen molar-refractivity contribution >= 4 is 22.6 Å². The number of hydrogen-bond donors (Lipinski definition) is 0. The first kappa shape index (κ1) is 19.0. The van der Waals surface area contributed by atoms with Crippen LogP contribution in [-0.2, 0) is 4.79 Å². The number of aromatic nitrogens is 1. The quantitative estimate of drug-likeness (QED) is 0.803. The van der Waals surface area contributed by atoms with Crippen molar-refractivity contribution in [1.29, 1.82) is 0 Å². The molecule has 0 radical (unpaired) electrons. The number of amides is 1. The summed E-state index contributed by atoms with van der Waals surface area (Å²) >= 11 is 0. The van der Waals surface area contributed by atoms with Gasteiger partial charge in [0.25, 0.3) is 0 Å². The molecule has 2 saturated heterocycles. The van der Waals surface area contributed by atoms with Crippen LogP contribution in [0.4, 0.5) is 5.82 Å². The van der Waals surface area contributed by atoms with Crippen molar-refractivity contribution in [1.82, 2.24) is 9.88 Å². The van der Waals surface area contributed by atoms with Crippen LogP contribution in [0, 0.1) is 10.8 Å². The molecule has 1 atom stereocenters. The lowest BCUT2D eigenvalue weighted by Gasteiger charge is -2.41. The second kappa shape index (κ2) is 6.94. The minimum atomic E-state index is -0.249. The van der Waals surface area contributed by atoms with Gasteiger partial charge in [0.15, 0.2) is 0 Å². The fraction of sp³-hybridized carbons (Fsp3) is 0.565. The molecule has 1 spiro atoms. The number of rotatable bonds is 3. The van der Waals surface area contributed by atoms with Crippen LogP contribution in [-0.4, -0.2) is 49.1 Å². The number of carbonyl (C=O) groups is 1. The van der Waals surface area contributed by atoms with Crippen LogP contribution in [0.25, 0.3) is 10.9 Å². The first-order valence-electron chi connectivity index (χ1n) is 10.3. The van der Waals surface area contributed by atoms with Crippen LogP contribution in [0.1, 0.15) is 40.0 Å². The van der Waals surface area contributed by atoms with Gasteiger partial charge >= 0.3 is 0 Å². The molecule has 1 aromatic carbocycles. The van der Waals surface area contributed by atoms with Crippen LogP contribution in [0.5, 0.6) is 5.75 Å². The Morgan fingerprint density at radius 1 is 1.14 bits per heavy atom. The number of anilines is 1. The zero-order valence-corrected chi connectivity index (χ0v) is 17.5. The van der Waals surface area contributed by atoms with E-state index in [2.05, 4.69) is 48.8 Å². The van der Waals surface area contributed by atoms with Crippen LogP contribution in [0.3, 0.4) is 0 Å². The Bertz CT molecular complexity index is 889. The van der Waals surface area contributed by atoms with Gasteiger partial charge in [-0.3, -0.25) is 4.79 Å². The van der Waals surface area contributed by atoms with Gasteiger partial charge in [0.1, 0.15) is 17.1 Å². The minimum absolute atomic E-state index is 0.128. The number of nitrogens with zero attached hydrogens (tertiary/aromatic N) is 3. The molecular weight excluding hydrogens is 350 g/mol. The fourth-order valence-electron chi connectivity index (χ4n) is 4.77. The Hall–Kier alpha value is -2.30. The molecule has 0 N–H and O–H groups in total. The summed E-state index contributed by atoms with van der Waals surface area (Å²) in [4.78, 5) is 22.6. The van der Waals surface area contributed by atoms with E-state index in [1.807, 2.05) is 12.1 Å². The Kier molecular flexibility index (Phi) is 4.72. The molecule has 1 amide bonds. The molecule has 28 heavy (non-hydrogen) atoms. The molecule has 5 nitrogen and oxygen atoms in total. The summed E-state index contributed by atoms with van der Waals surface area (Å²) in [6.45, 7) is 9.98. The van der Waals surface area contributed by atoms with Crippen LogP contribution in [0.2, 0.25) is 0 Å². The highest BCUT2D eigenvalue weighted by atomic mass is 16.5. The number of carbonyl (C=O) groups excluding carboxylic acids is 1. The maximum absolute atomic E-state index is 13.4. The van der Waals surface area contributed by atoms with Gasteiger partial charge in [-0.05, 0) is 42.9 Å². The Morgan fingerprint density at radius 2 is 1.96 bits per heavy atom. The lowest BCUT2D eigenvalue weighted by molar-refractivity contribution is -0.146. The van der Waals surface area contributed by atoms with Gasteiger partial charge in [-0.25, -0.2) is 4.98 Å². The third kappa shape index (κ3) is 3.43. The monoisotopic (exact) mass is 381 g/mol. The summed E-state index contributed by atoms with van der Waals surface area (Å²) < 4.78 is 5.49. The van der Waals surface area contributed by atoms with Crippen LogP contribution < -0.4 is 9.64 Å². The lowest BCUT2D eigenvalue weighted by Crippen LogP contribution is -2.52. The van der Waals surface area contributed by atoms with Crippen LogP contribution in [0.15, 0.2) is 30.3 Å². The molecule has 0 saturated carbocycles. The van der Waals surface area contributed by atoms with E-state index in [9.17, 15) is 4.79 Å². The predicted octanol–water partition coefficient (Wildman–Crippen LogP) is 4.11. The zero-order valence-electron chi connectivity index (χ0n) is 17.5. The Balaban J connectivity index is 1.58. The number of fused-ring (bicyclic) bond motifs is 1. The summed E-state index contributed by atoms with van der Waals surface area (Å²) in [6.07, 6.45) is 2.99. The van der Waals surface area contributed by atoms with Gasteiger partial charge in [-0.1, -0.05) is 32.9 Å². The number of ether oxygens (including phenoxy) is 1. The molecule has 2 fully saturated rings. The topological polar surface area (TPSA) is 45.7 Å². The number of likely N-dealkylation sites (tertiary alicyclic amines) is 1. The van der Waals surface area contributed by atoms with Crippen molar-refractivity contribution in [2.24, 2.45) is 10.8 Å². The number of benzene rings is 1. The number of methoxy groups -OCH3 is 1. The highest BCUT2D eigenvalue weighted by Gasteiger charge is 2.49. The van der Waals surface area contributed by atoms with E-state index in [0.29, 0.717) is 5.91 Å². The maximum atomic E-state index is 13.4. The first-order valence-corrected chi connectivity index (χ1v) is 10.3. The van der Waals surface area contributed by atoms with E-state index in [1.54, 1.807) is 7.11 Å². The van der Waals surface area contributed by atoms with E-state index in [0.717, 1.165) is 67.9 Å². The van der Waals surface area contributed by atoms with Crippen molar-refractivity contribution in [3.8, 4) is 5.75 Å². The normalized spacial score (nSPS) is 23.1. The van der Waals surface area contributed by atoms with Gasteiger partial charge in [0.2, 0.25) is 5.91 Å². The first-order chi connectivity index (χ1) is 13.3. The molecule has 2 aromatic rings. The molecule has 150 valence electrons. The molecule has 0 bridgehead atoms. The Morgan fingerprint density at radius 3 is 2.71 bits per heavy atom. The smallest absolute Gasteiger partial charge is 0.230 e. The summed E-state index contributed by atoms with van der Waals surface area (Å²) in [6, 6.07) is 10.1. The van der Waals surface area contributed by atoms with Gasteiger partial charge < -0.3 is 14.5 Å². The summed E-state index contributed by atoms with van der Waals surface area (Å²) in [7, 11) is 1.68. The summed E-state index contributed by atoms with van der Waals surface area (Å²) in [5, 5.41) is 1.07. The standard InChI is InChI=1S/C23H31N3O2/c1-22(2,3)15-26-13-6-11-23(21(26)27)12-14-25(16-23)19-10-9-17-7-5-8-18(28-4)20(17)24-19/h5,7-10H,6,11-16H2,1-4H3/t23-/m1/s1. The molecule has 0 unspecified atom stereocenters. The summed E-state index contributed by atoms with van der Waals surface area (Å²) in [5.41, 5.74) is 0.761. The molecule has 2 aliphatic rings. The molecule has 1 aromatic heterocycles. The van der Waals surface area contributed by atoms with Gasteiger partial charge in [0, 0.05) is 31.6 Å².